The van der Waals surface area contributed by atoms with Crippen molar-refractivity contribution in [2.45, 2.75) is 52.9 Å². The second-order valence-corrected chi connectivity index (χ2v) is 5.02. The molecule has 0 saturated heterocycles. The maximum Gasteiger partial charge on any atom is 0.0145 e. The first-order chi connectivity index (χ1) is 7.15. The normalized spacial score (nSPS) is 24.9. The summed E-state index contributed by atoms with van der Waals surface area (Å²) in [5, 5.41) is 8.10. The Labute approximate surface area is 94.5 Å². The van der Waals surface area contributed by atoms with Gasteiger partial charge in [0.15, 0.2) is 0 Å². The average molecular weight is 207 g/mol. The van der Waals surface area contributed by atoms with Crippen LogP contribution in [0.3, 0.4) is 0 Å². The minimum absolute atomic E-state index is 0.465. The molecule has 0 aromatic rings. The molecule has 0 aromatic heterocycles. The number of nitrogens with one attached hydrogen (secondary N) is 1. The molecule has 1 heteroatoms. The standard InChI is InChI=1S/C14H25N/c1-4-11(2)14(15)12(3)10-13-8-6-5-7-9-13/h6,8,11-13,15H,4-5,7,9-10H2,1-3H3/t11-,12+,13?/m0/s1. The van der Waals surface area contributed by atoms with E-state index in [4.69, 9.17) is 5.41 Å². The molecule has 86 valence electrons. The molecule has 3 atom stereocenters. The third-order valence-electron chi connectivity index (χ3n) is 3.68. The van der Waals surface area contributed by atoms with E-state index in [1.807, 2.05) is 0 Å². The first-order valence-corrected chi connectivity index (χ1v) is 6.40. The van der Waals surface area contributed by atoms with E-state index >= 15 is 0 Å². The highest BCUT2D eigenvalue weighted by Gasteiger charge is 2.18. The van der Waals surface area contributed by atoms with Crippen LogP contribution < -0.4 is 0 Å². The van der Waals surface area contributed by atoms with Gasteiger partial charge in [-0.15, -0.1) is 0 Å². The van der Waals surface area contributed by atoms with Crippen molar-refractivity contribution in [3.8, 4) is 0 Å². The minimum Gasteiger partial charge on any atom is -0.309 e. The summed E-state index contributed by atoms with van der Waals surface area (Å²) in [6.45, 7) is 6.57. The van der Waals surface area contributed by atoms with E-state index < -0.39 is 0 Å². The molecule has 0 bridgehead atoms. The molecular weight excluding hydrogens is 182 g/mol. The van der Waals surface area contributed by atoms with Crippen molar-refractivity contribution >= 4 is 5.71 Å². The maximum absolute atomic E-state index is 8.10. The molecule has 1 aliphatic rings. The highest BCUT2D eigenvalue weighted by Crippen LogP contribution is 2.26. The SMILES string of the molecule is CC[C@H](C)C(=N)[C@H](C)CC1C=CCCC1. The van der Waals surface area contributed by atoms with Crippen molar-refractivity contribution in [3.05, 3.63) is 12.2 Å². The Hall–Kier alpha value is -0.590. The van der Waals surface area contributed by atoms with Crippen LogP contribution >= 0.6 is 0 Å². The van der Waals surface area contributed by atoms with Crippen LogP contribution in [0.15, 0.2) is 12.2 Å². The lowest BCUT2D eigenvalue weighted by molar-refractivity contribution is 0.456. The topological polar surface area (TPSA) is 23.9 Å². The van der Waals surface area contributed by atoms with Crippen molar-refractivity contribution in [2.75, 3.05) is 0 Å². The molecule has 1 aliphatic carbocycles. The predicted octanol–water partition coefficient (Wildman–Crippen LogP) is 4.43. The van der Waals surface area contributed by atoms with E-state index in [0.29, 0.717) is 11.8 Å². The van der Waals surface area contributed by atoms with E-state index in [0.717, 1.165) is 18.1 Å². The van der Waals surface area contributed by atoms with Gasteiger partial charge in [0.1, 0.15) is 0 Å². The minimum atomic E-state index is 0.465. The molecule has 0 radical (unpaired) electrons. The van der Waals surface area contributed by atoms with Crippen LogP contribution in [0.2, 0.25) is 0 Å². The summed E-state index contributed by atoms with van der Waals surface area (Å²) < 4.78 is 0. The van der Waals surface area contributed by atoms with Gasteiger partial charge < -0.3 is 5.41 Å². The van der Waals surface area contributed by atoms with Crippen LogP contribution in [-0.4, -0.2) is 5.71 Å². The lowest BCUT2D eigenvalue weighted by Gasteiger charge is -2.23. The van der Waals surface area contributed by atoms with Gasteiger partial charge in [0.2, 0.25) is 0 Å². The monoisotopic (exact) mass is 207 g/mol. The number of hydrogen-bond donors (Lipinski definition) is 1. The lowest BCUT2D eigenvalue weighted by atomic mass is 9.82. The lowest BCUT2D eigenvalue weighted by Crippen LogP contribution is -2.20. The predicted molar refractivity (Wildman–Crippen MR) is 67.4 cm³/mol. The second kappa shape index (κ2) is 6.09. The quantitative estimate of drug-likeness (QED) is 0.509. The highest BCUT2D eigenvalue weighted by molar-refractivity contribution is 5.85. The van der Waals surface area contributed by atoms with Gasteiger partial charge in [-0.3, -0.25) is 0 Å². The van der Waals surface area contributed by atoms with Crippen LogP contribution in [-0.2, 0) is 0 Å². The molecule has 0 aromatic carbocycles. The molecule has 0 heterocycles. The maximum atomic E-state index is 8.10. The van der Waals surface area contributed by atoms with Gasteiger partial charge in [0.25, 0.3) is 0 Å². The van der Waals surface area contributed by atoms with Crippen LogP contribution in [0.25, 0.3) is 0 Å². The zero-order valence-corrected chi connectivity index (χ0v) is 10.4. The molecule has 1 nitrogen and oxygen atoms in total. The Morgan fingerprint density at radius 1 is 1.40 bits per heavy atom. The fourth-order valence-corrected chi connectivity index (χ4v) is 2.37. The van der Waals surface area contributed by atoms with Crippen LogP contribution in [0, 0.1) is 23.2 Å². The Bertz CT molecular complexity index is 229. The molecule has 0 aliphatic heterocycles. The zero-order chi connectivity index (χ0) is 11.3. The number of allylic oxidation sites excluding steroid dienone is 2. The Kier molecular flexibility index (Phi) is 5.07. The van der Waals surface area contributed by atoms with Crippen molar-refractivity contribution in [1.29, 1.82) is 5.41 Å². The summed E-state index contributed by atoms with van der Waals surface area (Å²) in [4.78, 5) is 0. The fraction of sp³-hybridized carbons (Fsp3) is 0.786. The Morgan fingerprint density at radius 2 is 2.13 bits per heavy atom. The summed E-state index contributed by atoms with van der Waals surface area (Å²) in [5.41, 5.74) is 0.955. The van der Waals surface area contributed by atoms with Gasteiger partial charge in [-0.25, -0.2) is 0 Å². The van der Waals surface area contributed by atoms with Crippen LogP contribution in [0.4, 0.5) is 0 Å². The smallest absolute Gasteiger partial charge is 0.0145 e. The van der Waals surface area contributed by atoms with Gasteiger partial charge >= 0.3 is 0 Å². The molecule has 15 heavy (non-hydrogen) atoms. The molecular formula is C14H25N. The van der Waals surface area contributed by atoms with Crippen molar-refractivity contribution in [1.82, 2.24) is 0 Å². The first kappa shape index (κ1) is 12.5. The summed E-state index contributed by atoms with van der Waals surface area (Å²) in [6, 6.07) is 0. The Balaban J connectivity index is 2.40. The third kappa shape index (κ3) is 3.81. The van der Waals surface area contributed by atoms with Gasteiger partial charge in [-0.05, 0) is 49.9 Å². The van der Waals surface area contributed by atoms with E-state index in [1.165, 1.54) is 25.7 Å². The molecule has 0 spiro atoms. The summed E-state index contributed by atoms with van der Waals surface area (Å²) >= 11 is 0. The molecule has 1 N–H and O–H groups in total. The molecule has 0 saturated carbocycles. The Morgan fingerprint density at radius 3 is 2.67 bits per heavy atom. The average Bonchev–Trinajstić information content (AvgIpc) is 2.28. The van der Waals surface area contributed by atoms with Crippen LogP contribution in [0.1, 0.15) is 52.9 Å². The number of hydrogen-bond acceptors (Lipinski definition) is 1. The molecule has 1 rings (SSSR count). The van der Waals surface area contributed by atoms with E-state index in [1.54, 1.807) is 0 Å². The highest BCUT2D eigenvalue weighted by atomic mass is 14.5. The molecule has 1 unspecified atom stereocenters. The van der Waals surface area contributed by atoms with E-state index in [-0.39, 0.29) is 0 Å². The van der Waals surface area contributed by atoms with E-state index in [2.05, 4.69) is 32.9 Å². The second-order valence-electron chi connectivity index (χ2n) is 5.02. The van der Waals surface area contributed by atoms with Crippen molar-refractivity contribution in [2.24, 2.45) is 17.8 Å². The van der Waals surface area contributed by atoms with Gasteiger partial charge in [-0.1, -0.05) is 32.9 Å². The fourth-order valence-electron chi connectivity index (χ4n) is 2.37. The van der Waals surface area contributed by atoms with Crippen LogP contribution in [0.5, 0.6) is 0 Å². The van der Waals surface area contributed by atoms with Gasteiger partial charge in [0, 0.05) is 5.71 Å². The first-order valence-electron chi connectivity index (χ1n) is 6.40. The summed E-state index contributed by atoms with van der Waals surface area (Å²) in [6.07, 6.45) is 10.9. The molecule has 0 amide bonds. The van der Waals surface area contributed by atoms with E-state index in [9.17, 15) is 0 Å². The summed E-state index contributed by atoms with van der Waals surface area (Å²) in [5.74, 6) is 1.67. The largest absolute Gasteiger partial charge is 0.309 e. The van der Waals surface area contributed by atoms with Crippen molar-refractivity contribution in [3.63, 3.8) is 0 Å². The number of rotatable bonds is 5. The van der Waals surface area contributed by atoms with Gasteiger partial charge in [-0.2, -0.15) is 0 Å². The van der Waals surface area contributed by atoms with Gasteiger partial charge in [0.05, 0.1) is 0 Å². The zero-order valence-electron chi connectivity index (χ0n) is 10.4. The third-order valence-corrected chi connectivity index (χ3v) is 3.68. The molecule has 0 fully saturated rings. The summed E-state index contributed by atoms with van der Waals surface area (Å²) in [7, 11) is 0. The van der Waals surface area contributed by atoms with Crippen molar-refractivity contribution < 1.29 is 0 Å².